The van der Waals surface area contributed by atoms with Crippen LogP contribution in [0, 0.1) is 0 Å². The number of hydrogen-bond donors (Lipinski definition) is 0. The van der Waals surface area contributed by atoms with Crippen LogP contribution in [-0.4, -0.2) is 6.35 Å². The molecular weight excluding hydrogens is 489 g/mol. The summed E-state index contributed by atoms with van der Waals surface area (Å²) in [4.78, 5) is 0. The first-order valence-electron chi connectivity index (χ1n) is 5.08. The molecule has 2 aromatic carbocycles. The Bertz CT molecular complexity index is 502. The van der Waals surface area contributed by atoms with Crippen LogP contribution in [0.4, 0.5) is 0 Å². The molecule has 2 aromatic rings. The fourth-order valence-electron chi connectivity index (χ4n) is 2.12. The second-order valence-electron chi connectivity index (χ2n) is 3.86. The molecule has 0 nitrogen and oxygen atoms in total. The zero-order valence-corrected chi connectivity index (χ0v) is 14.5. The second-order valence-corrected chi connectivity index (χ2v) is 30.2. The molecule has 16 heavy (non-hydrogen) atoms. The Kier molecular flexibility index (Phi) is 3.07. The Morgan fingerprint density at radius 3 is 1.69 bits per heavy atom. The minimum absolute atomic E-state index is 1.11. The summed E-state index contributed by atoms with van der Waals surface area (Å²) in [7, 11) is 0. The first-order chi connectivity index (χ1) is 7.69. The standard InChI is InChI=1S/C13H10I2Se/c14-16(15)12-7-3-1-5-10(12)9-11-6-2-4-8-13(11)16/h1-8H,9H2. The normalized spacial score (nSPS) is 18.4. The predicted octanol–water partition coefficient (Wildman–Crippen LogP) is 3.02. The molecule has 0 unspecified atom stereocenters. The Balaban J connectivity index is 2.28. The molecule has 0 amide bonds. The molecular formula is C13H10I2Se. The van der Waals surface area contributed by atoms with E-state index in [0.29, 0.717) is 0 Å². The van der Waals surface area contributed by atoms with Crippen LogP contribution < -0.4 is 8.92 Å². The molecule has 0 saturated heterocycles. The first kappa shape index (κ1) is 11.5. The van der Waals surface area contributed by atoms with Gasteiger partial charge in [-0.25, -0.2) is 0 Å². The van der Waals surface area contributed by atoms with Crippen molar-refractivity contribution in [2.45, 2.75) is 6.42 Å². The predicted molar refractivity (Wildman–Crippen MR) is 88.8 cm³/mol. The molecule has 0 aromatic heterocycles. The van der Waals surface area contributed by atoms with Crippen LogP contribution in [0.25, 0.3) is 0 Å². The van der Waals surface area contributed by atoms with Crippen LogP contribution in [0.3, 0.4) is 0 Å². The van der Waals surface area contributed by atoms with Crippen molar-refractivity contribution in [3.8, 4) is 0 Å². The summed E-state index contributed by atoms with van der Waals surface area (Å²) >= 11 is 5.43. The van der Waals surface area contributed by atoms with Gasteiger partial charge in [-0.3, -0.25) is 0 Å². The Morgan fingerprint density at radius 2 is 1.19 bits per heavy atom. The van der Waals surface area contributed by atoms with Crippen LogP contribution in [0.1, 0.15) is 11.1 Å². The molecule has 0 aliphatic carbocycles. The molecule has 0 N–H and O–H groups in total. The average molecular weight is 499 g/mol. The average Bonchev–Trinajstić information content (AvgIpc) is 2.29. The first-order valence-corrected chi connectivity index (χ1v) is 17.2. The van der Waals surface area contributed by atoms with Gasteiger partial charge in [0.25, 0.3) is 0 Å². The van der Waals surface area contributed by atoms with E-state index >= 15 is 0 Å². The molecule has 3 rings (SSSR count). The van der Waals surface area contributed by atoms with Crippen LogP contribution in [0.15, 0.2) is 48.5 Å². The third-order valence-corrected chi connectivity index (χ3v) is 16.7. The third kappa shape index (κ3) is 1.76. The summed E-state index contributed by atoms with van der Waals surface area (Å²) in [6.45, 7) is 0. The van der Waals surface area contributed by atoms with E-state index in [9.17, 15) is 0 Å². The van der Waals surface area contributed by atoms with Crippen molar-refractivity contribution in [2.24, 2.45) is 0 Å². The van der Waals surface area contributed by atoms with Gasteiger partial charge in [0.2, 0.25) is 0 Å². The molecule has 1 heterocycles. The summed E-state index contributed by atoms with van der Waals surface area (Å²) in [6.07, 6.45) is -0.580. The van der Waals surface area contributed by atoms with Crippen LogP contribution >= 0.6 is 40.7 Å². The van der Waals surface area contributed by atoms with E-state index in [1.54, 1.807) is 8.92 Å². The third-order valence-electron chi connectivity index (χ3n) is 2.88. The van der Waals surface area contributed by atoms with Crippen molar-refractivity contribution in [2.75, 3.05) is 0 Å². The van der Waals surface area contributed by atoms with Crippen LogP contribution in [-0.2, 0) is 6.42 Å². The Hall–Kier alpha value is 0.419. The van der Waals surface area contributed by atoms with Crippen molar-refractivity contribution < 1.29 is 0 Å². The number of fused-ring (bicyclic) bond motifs is 2. The molecule has 0 radical (unpaired) electrons. The zero-order valence-electron chi connectivity index (χ0n) is 8.49. The fraction of sp³-hybridized carbons (Fsp3) is 0.0769. The second kappa shape index (κ2) is 4.26. The minimum atomic E-state index is -1.69. The van der Waals surface area contributed by atoms with Crippen molar-refractivity contribution in [1.29, 1.82) is 0 Å². The summed E-state index contributed by atoms with van der Waals surface area (Å²) < 4.78 is 3.22. The fourth-order valence-corrected chi connectivity index (χ4v) is 14.6. The molecule has 0 bridgehead atoms. The van der Waals surface area contributed by atoms with Gasteiger partial charge >= 0.3 is 122 Å². The zero-order chi connectivity index (χ0) is 11.2. The quantitative estimate of drug-likeness (QED) is 0.387. The van der Waals surface area contributed by atoms with Crippen molar-refractivity contribution in [3.05, 3.63) is 59.7 Å². The Labute approximate surface area is 121 Å². The summed E-state index contributed by atoms with van der Waals surface area (Å²) in [5, 5.41) is 0. The molecule has 0 fully saturated rings. The van der Waals surface area contributed by atoms with E-state index in [0.717, 1.165) is 6.42 Å². The van der Waals surface area contributed by atoms with Gasteiger partial charge in [0.05, 0.1) is 0 Å². The maximum absolute atomic E-state index is 2.72. The van der Waals surface area contributed by atoms with Gasteiger partial charge in [0, 0.05) is 0 Å². The number of hydrogen-bond acceptors (Lipinski definition) is 0. The molecule has 0 saturated carbocycles. The summed E-state index contributed by atoms with van der Waals surface area (Å²) in [5.74, 6) is 0. The van der Waals surface area contributed by atoms with Crippen molar-refractivity contribution in [1.82, 2.24) is 0 Å². The van der Waals surface area contributed by atoms with E-state index in [-0.39, 0.29) is 0 Å². The van der Waals surface area contributed by atoms with Crippen molar-refractivity contribution in [3.63, 3.8) is 0 Å². The van der Waals surface area contributed by atoms with Crippen LogP contribution in [0.2, 0.25) is 0 Å². The molecule has 1 aliphatic rings. The monoisotopic (exact) mass is 500 g/mol. The van der Waals surface area contributed by atoms with Crippen molar-refractivity contribution >= 4 is 56.0 Å². The number of rotatable bonds is 0. The van der Waals surface area contributed by atoms with E-state index in [4.69, 9.17) is 0 Å². The molecule has 82 valence electrons. The Morgan fingerprint density at radius 1 is 0.750 bits per heavy atom. The molecule has 3 heteroatoms. The van der Waals surface area contributed by atoms with E-state index < -0.39 is 6.35 Å². The summed E-state index contributed by atoms with van der Waals surface area (Å²) in [6, 6.07) is 17.9. The van der Waals surface area contributed by atoms with E-state index in [1.807, 2.05) is 0 Å². The summed E-state index contributed by atoms with van der Waals surface area (Å²) in [5.41, 5.74) is 3.06. The van der Waals surface area contributed by atoms with Gasteiger partial charge in [-0.05, 0) is 0 Å². The maximum atomic E-state index is 2.72. The molecule has 0 atom stereocenters. The van der Waals surface area contributed by atoms with E-state index in [2.05, 4.69) is 89.2 Å². The number of halogens is 2. The number of benzene rings is 2. The van der Waals surface area contributed by atoms with E-state index in [1.165, 1.54) is 11.1 Å². The van der Waals surface area contributed by atoms with Crippen LogP contribution in [0.5, 0.6) is 0 Å². The van der Waals surface area contributed by atoms with Gasteiger partial charge in [-0.2, -0.15) is 0 Å². The van der Waals surface area contributed by atoms with Gasteiger partial charge < -0.3 is 0 Å². The van der Waals surface area contributed by atoms with Gasteiger partial charge in [0.1, 0.15) is 0 Å². The van der Waals surface area contributed by atoms with Gasteiger partial charge in [-0.1, -0.05) is 0 Å². The SMILES string of the molecule is I[Se]1(I)c2ccccc2Cc2ccccc21. The topological polar surface area (TPSA) is 0 Å². The molecule has 0 spiro atoms. The van der Waals surface area contributed by atoms with Gasteiger partial charge in [-0.15, -0.1) is 0 Å². The van der Waals surface area contributed by atoms with Gasteiger partial charge in [0.15, 0.2) is 0 Å². The molecule has 1 aliphatic heterocycles.